The summed E-state index contributed by atoms with van der Waals surface area (Å²) in [7, 11) is 0. The van der Waals surface area contributed by atoms with Crippen molar-refractivity contribution in [2.45, 2.75) is 26.4 Å². The number of amides is 1. The molecule has 7 aromatic rings. The second kappa shape index (κ2) is 13.1. The van der Waals surface area contributed by atoms with Crippen LogP contribution in [0.3, 0.4) is 0 Å². The maximum atomic E-state index is 14.5. The highest BCUT2D eigenvalue weighted by molar-refractivity contribution is 7.07. The van der Waals surface area contributed by atoms with Gasteiger partial charge in [0, 0.05) is 34.9 Å². The number of ether oxygens (including phenoxy) is 1. The lowest BCUT2D eigenvalue weighted by atomic mass is 9.95. The molecule has 50 heavy (non-hydrogen) atoms. The van der Waals surface area contributed by atoms with E-state index in [1.54, 1.807) is 4.57 Å². The summed E-state index contributed by atoms with van der Waals surface area (Å²) in [6.07, 6.45) is 4.09. The molecular formula is C42H34N4O3S. The molecule has 246 valence electrons. The van der Waals surface area contributed by atoms with Gasteiger partial charge in [-0.2, -0.15) is 0 Å². The SMILES string of the molecule is CCOc1ccc([C@H]2C(C(=O)Nc3ccccc3)=C(C)N=c3s/c(=C\c4cn(Cc5cccc6ccccc56)c5ccccc45)c(=O)n32)cc1. The number of carbonyl (C=O) groups excluding carboxylic acids is 1. The Labute approximate surface area is 292 Å². The van der Waals surface area contributed by atoms with Crippen LogP contribution in [0.25, 0.3) is 27.8 Å². The zero-order valence-corrected chi connectivity index (χ0v) is 28.5. The molecule has 0 bridgehead atoms. The number of thiazole rings is 1. The number of allylic oxidation sites excluding steroid dienone is 1. The van der Waals surface area contributed by atoms with Gasteiger partial charge in [-0.15, -0.1) is 0 Å². The normalized spacial score (nSPS) is 14.5. The zero-order valence-electron chi connectivity index (χ0n) is 27.7. The van der Waals surface area contributed by atoms with Crippen LogP contribution in [-0.4, -0.2) is 21.6 Å². The van der Waals surface area contributed by atoms with Gasteiger partial charge < -0.3 is 14.6 Å². The van der Waals surface area contributed by atoms with Crippen LogP contribution in [0.2, 0.25) is 0 Å². The predicted molar refractivity (Wildman–Crippen MR) is 201 cm³/mol. The molecule has 2 aromatic heterocycles. The van der Waals surface area contributed by atoms with Crippen molar-refractivity contribution in [3.8, 4) is 5.75 Å². The minimum Gasteiger partial charge on any atom is -0.494 e. The number of nitrogens with zero attached hydrogens (tertiary/aromatic N) is 3. The number of rotatable bonds is 8. The molecule has 0 fully saturated rings. The van der Waals surface area contributed by atoms with Crippen LogP contribution in [0.1, 0.15) is 36.6 Å². The smallest absolute Gasteiger partial charge is 0.271 e. The monoisotopic (exact) mass is 674 g/mol. The van der Waals surface area contributed by atoms with E-state index in [2.05, 4.69) is 70.7 Å². The Balaban J connectivity index is 1.24. The van der Waals surface area contributed by atoms with Crippen molar-refractivity contribution in [3.05, 3.63) is 175 Å². The fourth-order valence-electron chi connectivity index (χ4n) is 6.84. The molecule has 0 radical (unpaired) electrons. The summed E-state index contributed by atoms with van der Waals surface area (Å²) in [6, 6.07) is 39.3. The van der Waals surface area contributed by atoms with Gasteiger partial charge in [0.2, 0.25) is 0 Å². The molecule has 0 saturated carbocycles. The van der Waals surface area contributed by atoms with E-state index < -0.39 is 6.04 Å². The molecule has 5 aromatic carbocycles. The lowest BCUT2D eigenvalue weighted by molar-refractivity contribution is -0.113. The van der Waals surface area contributed by atoms with Crippen LogP contribution >= 0.6 is 11.3 Å². The van der Waals surface area contributed by atoms with Gasteiger partial charge >= 0.3 is 0 Å². The second-order valence-corrected chi connectivity index (χ2v) is 13.3. The highest BCUT2D eigenvalue weighted by Crippen LogP contribution is 2.32. The van der Waals surface area contributed by atoms with E-state index in [1.807, 2.05) is 86.7 Å². The van der Waals surface area contributed by atoms with Crippen LogP contribution in [-0.2, 0) is 11.3 Å². The minimum atomic E-state index is -0.680. The zero-order chi connectivity index (χ0) is 34.2. The van der Waals surface area contributed by atoms with E-state index in [-0.39, 0.29) is 11.5 Å². The van der Waals surface area contributed by atoms with Gasteiger partial charge in [0.05, 0.1) is 28.5 Å². The first-order valence-electron chi connectivity index (χ1n) is 16.6. The molecule has 1 amide bonds. The van der Waals surface area contributed by atoms with Gasteiger partial charge in [0.1, 0.15) is 5.75 Å². The number of carbonyl (C=O) groups is 1. The van der Waals surface area contributed by atoms with E-state index in [1.165, 1.54) is 27.7 Å². The van der Waals surface area contributed by atoms with Crippen molar-refractivity contribution in [2.75, 3.05) is 11.9 Å². The third kappa shape index (κ3) is 5.73. The highest BCUT2D eigenvalue weighted by atomic mass is 32.1. The van der Waals surface area contributed by atoms with E-state index in [0.717, 1.165) is 27.8 Å². The third-order valence-electron chi connectivity index (χ3n) is 9.13. The minimum absolute atomic E-state index is 0.198. The van der Waals surface area contributed by atoms with E-state index in [4.69, 9.17) is 9.73 Å². The summed E-state index contributed by atoms with van der Waals surface area (Å²) in [6.45, 7) is 5.00. The van der Waals surface area contributed by atoms with Crippen molar-refractivity contribution >= 4 is 50.7 Å². The number of para-hydroxylation sites is 2. The Morgan fingerprint density at radius 3 is 2.40 bits per heavy atom. The lowest BCUT2D eigenvalue weighted by Gasteiger charge is -2.25. The van der Waals surface area contributed by atoms with Crippen LogP contribution in [0.4, 0.5) is 5.69 Å². The number of hydrogen-bond donors (Lipinski definition) is 1. The quantitative estimate of drug-likeness (QED) is 0.182. The van der Waals surface area contributed by atoms with Crippen molar-refractivity contribution in [2.24, 2.45) is 4.99 Å². The van der Waals surface area contributed by atoms with Gasteiger partial charge in [0.25, 0.3) is 11.5 Å². The first-order valence-corrected chi connectivity index (χ1v) is 17.5. The Hall–Kier alpha value is -5.99. The molecule has 1 N–H and O–H groups in total. The summed E-state index contributed by atoms with van der Waals surface area (Å²) in [4.78, 5) is 33.8. The van der Waals surface area contributed by atoms with Gasteiger partial charge in [-0.1, -0.05) is 102 Å². The molecule has 8 heteroatoms. The molecule has 7 nitrogen and oxygen atoms in total. The summed E-state index contributed by atoms with van der Waals surface area (Å²) >= 11 is 1.34. The molecule has 1 aliphatic heterocycles. The fourth-order valence-corrected chi connectivity index (χ4v) is 7.87. The molecule has 0 unspecified atom stereocenters. The van der Waals surface area contributed by atoms with E-state index in [0.29, 0.717) is 39.4 Å². The van der Waals surface area contributed by atoms with Crippen molar-refractivity contribution in [1.82, 2.24) is 9.13 Å². The van der Waals surface area contributed by atoms with Gasteiger partial charge in [-0.25, -0.2) is 4.99 Å². The first-order chi connectivity index (χ1) is 24.5. The number of nitrogens with one attached hydrogen (secondary N) is 1. The maximum absolute atomic E-state index is 14.5. The van der Waals surface area contributed by atoms with Crippen LogP contribution < -0.4 is 24.9 Å². The standard InChI is InChI=1S/C42H34N4O3S/c1-3-49-33-22-20-29(21-23-33)39-38(40(47)44-32-15-5-4-6-16-32)27(2)43-42-46(39)41(48)37(50-42)24-31-26-45(36-19-10-9-18-35(31)36)25-30-14-11-13-28-12-7-8-17-34(28)30/h4-24,26,39H,3,25H2,1-2H3,(H,44,47)/b37-24-/t39-/m0/s1. The highest BCUT2D eigenvalue weighted by Gasteiger charge is 2.32. The summed E-state index contributed by atoms with van der Waals surface area (Å²) in [5.74, 6) is 0.418. The van der Waals surface area contributed by atoms with Gasteiger partial charge in [0.15, 0.2) is 4.80 Å². The summed E-state index contributed by atoms with van der Waals surface area (Å²) in [5, 5.41) is 6.50. The number of anilines is 1. The van der Waals surface area contributed by atoms with Crippen molar-refractivity contribution in [3.63, 3.8) is 0 Å². The predicted octanol–water partition coefficient (Wildman–Crippen LogP) is 7.43. The topological polar surface area (TPSA) is 77.6 Å². The molecule has 8 rings (SSSR count). The molecule has 0 aliphatic carbocycles. The molecule has 3 heterocycles. The second-order valence-electron chi connectivity index (χ2n) is 12.3. The Morgan fingerprint density at radius 1 is 0.880 bits per heavy atom. The number of aromatic nitrogens is 2. The molecule has 0 spiro atoms. The first kappa shape index (κ1) is 31.3. The van der Waals surface area contributed by atoms with Gasteiger partial charge in [-0.05, 0) is 72.2 Å². The summed E-state index contributed by atoms with van der Waals surface area (Å²) < 4.78 is 10.2. The Kier molecular flexibility index (Phi) is 8.22. The third-order valence-corrected chi connectivity index (χ3v) is 10.1. The van der Waals surface area contributed by atoms with Crippen molar-refractivity contribution < 1.29 is 9.53 Å². The van der Waals surface area contributed by atoms with E-state index in [9.17, 15) is 9.59 Å². The Morgan fingerprint density at radius 2 is 1.60 bits per heavy atom. The Bertz CT molecular complexity index is 2610. The fraction of sp³-hybridized carbons (Fsp3) is 0.119. The van der Waals surface area contributed by atoms with Gasteiger partial charge in [-0.3, -0.25) is 14.2 Å². The van der Waals surface area contributed by atoms with Crippen LogP contribution in [0.15, 0.2) is 149 Å². The number of fused-ring (bicyclic) bond motifs is 3. The largest absolute Gasteiger partial charge is 0.494 e. The average molecular weight is 675 g/mol. The number of hydrogen-bond acceptors (Lipinski definition) is 5. The van der Waals surface area contributed by atoms with Crippen LogP contribution in [0, 0.1) is 0 Å². The number of benzene rings is 5. The average Bonchev–Trinajstić information content (AvgIpc) is 3.64. The lowest BCUT2D eigenvalue weighted by Crippen LogP contribution is -2.40. The molecule has 1 atom stereocenters. The molecule has 0 saturated heterocycles. The van der Waals surface area contributed by atoms with E-state index >= 15 is 0 Å². The van der Waals surface area contributed by atoms with Crippen molar-refractivity contribution in [1.29, 1.82) is 0 Å². The summed E-state index contributed by atoms with van der Waals surface area (Å²) in [5.41, 5.74) is 5.50. The molecule has 1 aliphatic rings. The van der Waals surface area contributed by atoms with Crippen LogP contribution in [0.5, 0.6) is 5.75 Å². The molecular weight excluding hydrogens is 641 g/mol. The maximum Gasteiger partial charge on any atom is 0.271 e.